The molecule has 0 aromatic carbocycles. The molecule has 0 aromatic rings. The zero-order chi connectivity index (χ0) is 8.10. The Balaban J connectivity index is 2.36. The van der Waals surface area contributed by atoms with Gasteiger partial charge in [-0.3, -0.25) is 5.41 Å². The van der Waals surface area contributed by atoms with Gasteiger partial charge in [0, 0.05) is 13.1 Å². The van der Waals surface area contributed by atoms with Crippen LogP contribution in [0.1, 0.15) is 25.7 Å². The Bertz CT molecular complexity index is 128. The standard InChI is InChI=1S/C8H15ClN2/c9-7-8(10)11-5-3-1-2-4-6-11/h10H,1-7H2. The smallest absolute Gasteiger partial charge is 0.111 e. The molecule has 3 heteroatoms. The summed E-state index contributed by atoms with van der Waals surface area (Å²) in [4.78, 5) is 2.10. The van der Waals surface area contributed by atoms with E-state index in [0.29, 0.717) is 11.7 Å². The van der Waals surface area contributed by atoms with Crippen molar-refractivity contribution in [1.82, 2.24) is 4.90 Å². The summed E-state index contributed by atoms with van der Waals surface area (Å²) in [5, 5.41) is 7.52. The van der Waals surface area contributed by atoms with E-state index in [1.807, 2.05) is 0 Å². The number of amidine groups is 1. The fourth-order valence-corrected chi connectivity index (χ4v) is 1.59. The molecular formula is C8H15ClN2. The third-order valence-corrected chi connectivity index (χ3v) is 2.37. The van der Waals surface area contributed by atoms with Crippen LogP contribution >= 0.6 is 11.6 Å². The third-order valence-electron chi connectivity index (χ3n) is 2.11. The van der Waals surface area contributed by atoms with Crippen molar-refractivity contribution in [3.05, 3.63) is 0 Å². The molecule has 0 unspecified atom stereocenters. The van der Waals surface area contributed by atoms with E-state index in [1.165, 1.54) is 25.7 Å². The Morgan fingerprint density at radius 3 is 2.18 bits per heavy atom. The second kappa shape index (κ2) is 4.60. The normalized spacial score (nSPS) is 19.5. The molecule has 1 aliphatic heterocycles. The Kier molecular flexibility index (Phi) is 3.70. The Morgan fingerprint density at radius 1 is 1.18 bits per heavy atom. The van der Waals surface area contributed by atoms with Crippen LogP contribution in [0.2, 0.25) is 0 Å². The molecule has 0 saturated carbocycles. The number of nitrogens with one attached hydrogen (secondary N) is 1. The van der Waals surface area contributed by atoms with Crippen molar-refractivity contribution in [3.8, 4) is 0 Å². The van der Waals surface area contributed by atoms with Crippen LogP contribution in [0.15, 0.2) is 0 Å². The number of likely N-dealkylation sites (tertiary alicyclic amines) is 1. The van der Waals surface area contributed by atoms with Gasteiger partial charge in [0.2, 0.25) is 0 Å². The van der Waals surface area contributed by atoms with Gasteiger partial charge in [0.05, 0.1) is 5.88 Å². The first-order valence-corrected chi connectivity index (χ1v) is 4.76. The molecule has 1 rings (SSSR count). The van der Waals surface area contributed by atoms with Crippen molar-refractivity contribution < 1.29 is 0 Å². The van der Waals surface area contributed by atoms with Crippen LogP contribution in [0.5, 0.6) is 0 Å². The van der Waals surface area contributed by atoms with Crippen LogP contribution in [0, 0.1) is 5.41 Å². The lowest BCUT2D eigenvalue weighted by atomic mass is 10.2. The van der Waals surface area contributed by atoms with Crippen LogP contribution in [0.4, 0.5) is 0 Å². The maximum atomic E-state index is 7.52. The van der Waals surface area contributed by atoms with Gasteiger partial charge in [-0.25, -0.2) is 0 Å². The molecule has 11 heavy (non-hydrogen) atoms. The van der Waals surface area contributed by atoms with Crippen molar-refractivity contribution in [2.75, 3.05) is 19.0 Å². The molecule has 1 N–H and O–H groups in total. The molecule has 2 nitrogen and oxygen atoms in total. The summed E-state index contributed by atoms with van der Waals surface area (Å²) in [6.45, 7) is 2.07. The molecule has 0 atom stereocenters. The highest BCUT2D eigenvalue weighted by atomic mass is 35.5. The van der Waals surface area contributed by atoms with Gasteiger partial charge in [-0.2, -0.15) is 0 Å². The summed E-state index contributed by atoms with van der Waals surface area (Å²) in [6.07, 6.45) is 5.07. The molecular weight excluding hydrogens is 160 g/mol. The quantitative estimate of drug-likeness (QED) is 0.368. The number of nitrogens with zero attached hydrogens (tertiary/aromatic N) is 1. The van der Waals surface area contributed by atoms with Crippen molar-refractivity contribution in [2.24, 2.45) is 0 Å². The summed E-state index contributed by atoms with van der Waals surface area (Å²) >= 11 is 5.57. The zero-order valence-corrected chi connectivity index (χ0v) is 7.53. The number of alkyl halides is 1. The van der Waals surface area contributed by atoms with E-state index in [-0.39, 0.29) is 0 Å². The summed E-state index contributed by atoms with van der Waals surface area (Å²) in [5.74, 6) is 0.952. The highest BCUT2D eigenvalue weighted by Crippen LogP contribution is 2.09. The van der Waals surface area contributed by atoms with Crippen molar-refractivity contribution >= 4 is 17.4 Å². The first-order valence-electron chi connectivity index (χ1n) is 4.23. The second-order valence-corrected chi connectivity index (χ2v) is 3.25. The van der Waals surface area contributed by atoms with Crippen LogP contribution in [0.3, 0.4) is 0 Å². The minimum atomic E-state index is 0.361. The van der Waals surface area contributed by atoms with Gasteiger partial charge in [0.25, 0.3) is 0 Å². The molecule has 1 saturated heterocycles. The van der Waals surface area contributed by atoms with Crippen molar-refractivity contribution in [3.63, 3.8) is 0 Å². The van der Waals surface area contributed by atoms with E-state index in [1.54, 1.807) is 0 Å². The minimum Gasteiger partial charge on any atom is -0.360 e. The number of hydrogen-bond donors (Lipinski definition) is 1. The van der Waals surface area contributed by atoms with Gasteiger partial charge in [0.15, 0.2) is 0 Å². The fourth-order valence-electron chi connectivity index (χ4n) is 1.43. The predicted octanol–water partition coefficient (Wildman–Crippen LogP) is 2.08. The SMILES string of the molecule is N=C(CCl)N1CCCCCC1. The first kappa shape index (κ1) is 8.85. The minimum absolute atomic E-state index is 0.361. The van der Waals surface area contributed by atoms with E-state index in [9.17, 15) is 0 Å². The maximum Gasteiger partial charge on any atom is 0.111 e. The van der Waals surface area contributed by atoms with Gasteiger partial charge in [-0.15, -0.1) is 11.6 Å². The Labute approximate surface area is 73.0 Å². The predicted molar refractivity (Wildman–Crippen MR) is 48.5 cm³/mol. The summed E-state index contributed by atoms with van der Waals surface area (Å²) in [5.41, 5.74) is 0. The van der Waals surface area contributed by atoms with Gasteiger partial charge in [0.1, 0.15) is 5.84 Å². The molecule has 0 aromatic heterocycles. The van der Waals surface area contributed by atoms with Crippen LogP contribution in [0.25, 0.3) is 0 Å². The maximum absolute atomic E-state index is 7.52. The number of rotatable bonds is 1. The van der Waals surface area contributed by atoms with E-state index >= 15 is 0 Å². The fraction of sp³-hybridized carbons (Fsp3) is 0.875. The van der Waals surface area contributed by atoms with Crippen LogP contribution in [-0.2, 0) is 0 Å². The summed E-state index contributed by atoms with van der Waals surface area (Å²) in [7, 11) is 0. The van der Waals surface area contributed by atoms with Gasteiger partial charge < -0.3 is 4.90 Å². The van der Waals surface area contributed by atoms with E-state index in [2.05, 4.69) is 4.90 Å². The lowest BCUT2D eigenvalue weighted by Gasteiger charge is -2.21. The lowest BCUT2D eigenvalue weighted by molar-refractivity contribution is 0.430. The zero-order valence-electron chi connectivity index (χ0n) is 6.77. The van der Waals surface area contributed by atoms with Crippen LogP contribution in [-0.4, -0.2) is 29.7 Å². The van der Waals surface area contributed by atoms with Crippen molar-refractivity contribution in [1.29, 1.82) is 5.41 Å². The molecule has 0 spiro atoms. The summed E-state index contributed by atoms with van der Waals surface area (Å²) < 4.78 is 0. The second-order valence-electron chi connectivity index (χ2n) is 2.98. The highest BCUT2D eigenvalue weighted by molar-refractivity contribution is 6.27. The largest absolute Gasteiger partial charge is 0.360 e. The molecule has 0 radical (unpaired) electrons. The van der Waals surface area contributed by atoms with Gasteiger partial charge >= 0.3 is 0 Å². The third kappa shape index (κ3) is 2.70. The topological polar surface area (TPSA) is 27.1 Å². The first-order chi connectivity index (χ1) is 5.34. The van der Waals surface area contributed by atoms with Crippen molar-refractivity contribution in [2.45, 2.75) is 25.7 Å². The highest BCUT2D eigenvalue weighted by Gasteiger charge is 2.10. The van der Waals surface area contributed by atoms with E-state index in [4.69, 9.17) is 17.0 Å². The monoisotopic (exact) mass is 174 g/mol. The Morgan fingerprint density at radius 2 is 1.73 bits per heavy atom. The molecule has 0 aliphatic carbocycles. The lowest BCUT2D eigenvalue weighted by Crippen LogP contribution is -2.32. The molecule has 1 heterocycles. The van der Waals surface area contributed by atoms with Gasteiger partial charge in [-0.05, 0) is 12.8 Å². The molecule has 64 valence electrons. The average molecular weight is 175 g/mol. The molecule has 1 fully saturated rings. The van der Waals surface area contributed by atoms with E-state index < -0.39 is 0 Å². The average Bonchev–Trinajstić information content (AvgIpc) is 2.30. The number of hydrogen-bond acceptors (Lipinski definition) is 1. The number of halogens is 1. The van der Waals surface area contributed by atoms with Gasteiger partial charge in [-0.1, -0.05) is 12.8 Å². The molecule has 0 amide bonds. The molecule has 0 bridgehead atoms. The van der Waals surface area contributed by atoms with E-state index in [0.717, 1.165) is 13.1 Å². The Hall–Kier alpha value is -0.240. The van der Waals surface area contributed by atoms with Crippen LogP contribution < -0.4 is 0 Å². The molecule has 1 aliphatic rings. The summed E-state index contributed by atoms with van der Waals surface area (Å²) in [6, 6.07) is 0.